The fourth-order valence-corrected chi connectivity index (χ4v) is 4.16. The Balaban J connectivity index is 1.66. The molecule has 0 atom stereocenters. The van der Waals surface area contributed by atoms with Crippen molar-refractivity contribution in [2.45, 2.75) is 58.2 Å². The van der Waals surface area contributed by atoms with Gasteiger partial charge in [0.2, 0.25) is 5.52 Å². The Labute approximate surface area is 168 Å². The van der Waals surface area contributed by atoms with Gasteiger partial charge in [0.15, 0.2) is 14.5 Å². The number of aromatic nitrogens is 3. The molecule has 6 heteroatoms. The van der Waals surface area contributed by atoms with Gasteiger partial charge in [-0.1, -0.05) is 26.8 Å². The minimum absolute atomic E-state index is 0.246. The van der Waals surface area contributed by atoms with Crippen LogP contribution in [-0.2, 0) is 10.8 Å². The first-order valence-corrected chi connectivity index (χ1v) is 12.9. The summed E-state index contributed by atoms with van der Waals surface area (Å²) >= 11 is 0. The highest BCUT2D eigenvalue weighted by Crippen LogP contribution is 2.36. The topological polar surface area (TPSA) is 64.8 Å². The van der Waals surface area contributed by atoms with E-state index in [1.165, 1.54) is 5.56 Å². The number of unbranched alkanes of at least 4 members (excludes halogenated alkanes) is 1. The molecule has 0 unspecified atom stereocenters. The number of H-pyrrole nitrogens is 1. The third-order valence-electron chi connectivity index (χ3n) is 5.90. The first kappa shape index (κ1) is 20.5. The Kier molecular flexibility index (Phi) is 5.91. The molecule has 5 nitrogen and oxygen atoms in total. The predicted molar refractivity (Wildman–Crippen MR) is 117 cm³/mol. The molecule has 2 aromatic heterocycles. The highest BCUT2D eigenvalue weighted by Gasteiger charge is 2.36. The average molecular weight is 398 g/mol. The summed E-state index contributed by atoms with van der Waals surface area (Å²) in [7, 11) is -1.67. The van der Waals surface area contributed by atoms with Gasteiger partial charge in [-0.3, -0.25) is 5.10 Å². The minimum atomic E-state index is -1.67. The van der Waals surface area contributed by atoms with Gasteiger partial charge in [0, 0.05) is 30.5 Å². The molecule has 1 N–H and O–H groups in total. The van der Waals surface area contributed by atoms with Crippen LogP contribution in [0.5, 0.6) is 0 Å². The summed E-state index contributed by atoms with van der Waals surface area (Å²) in [5, 5.41) is 20.6. The van der Waals surface area contributed by atoms with Crippen molar-refractivity contribution in [2.75, 3.05) is 6.61 Å². The number of aromatic amines is 1. The van der Waals surface area contributed by atoms with Gasteiger partial charge >= 0.3 is 0 Å². The molecular formula is C22H31N3O2Si. The Bertz CT molecular complexity index is 931. The normalized spacial score (nSPS) is 12.6. The molecule has 0 amide bonds. The fraction of sp³-hybridized carbons (Fsp3) is 0.455. The number of aryl methyl sites for hydroxylation is 1. The summed E-state index contributed by atoms with van der Waals surface area (Å²) in [5.74, 6) is 0. The van der Waals surface area contributed by atoms with Crippen molar-refractivity contribution < 1.29 is 9.16 Å². The quantitative estimate of drug-likeness (QED) is 0.258. The van der Waals surface area contributed by atoms with Crippen molar-refractivity contribution in [1.29, 1.82) is 0 Å². The molecule has 3 aromatic rings. The lowest BCUT2D eigenvalue weighted by Crippen LogP contribution is -2.40. The molecule has 150 valence electrons. The standard InChI is InChI=1S/C22H31N3O2Si/c1-22(2,3)28(4,5)27-15-7-6-8-17-12-14-25(26)21-16-18(9-10-19(17)21)20-11-13-23-24-20/h9-14,16H,6-8,15H2,1-5H3,(H,23,24). The monoisotopic (exact) mass is 397 g/mol. The van der Waals surface area contributed by atoms with Crippen LogP contribution < -0.4 is 4.73 Å². The van der Waals surface area contributed by atoms with E-state index >= 15 is 0 Å². The van der Waals surface area contributed by atoms with Crippen molar-refractivity contribution in [3.8, 4) is 11.3 Å². The molecule has 0 spiro atoms. The van der Waals surface area contributed by atoms with Crippen molar-refractivity contribution in [1.82, 2.24) is 10.2 Å². The lowest BCUT2D eigenvalue weighted by molar-refractivity contribution is -0.577. The maximum Gasteiger partial charge on any atom is 0.224 e. The Hall–Kier alpha value is -2.18. The lowest BCUT2D eigenvalue weighted by atomic mass is 10.0. The molecule has 0 aliphatic rings. The van der Waals surface area contributed by atoms with Crippen LogP contribution in [0.1, 0.15) is 39.2 Å². The largest absolute Gasteiger partial charge is 0.618 e. The second-order valence-corrected chi connectivity index (χ2v) is 13.7. The maximum atomic E-state index is 12.3. The highest BCUT2D eigenvalue weighted by atomic mass is 28.4. The number of rotatable bonds is 7. The zero-order valence-corrected chi connectivity index (χ0v) is 18.6. The van der Waals surface area contributed by atoms with Crippen LogP contribution in [0.2, 0.25) is 18.1 Å². The highest BCUT2D eigenvalue weighted by molar-refractivity contribution is 6.74. The maximum absolute atomic E-state index is 12.3. The van der Waals surface area contributed by atoms with E-state index in [2.05, 4.69) is 44.1 Å². The Morgan fingerprint density at radius 2 is 1.93 bits per heavy atom. The fourth-order valence-electron chi connectivity index (χ4n) is 3.07. The number of hydrogen-bond donors (Lipinski definition) is 1. The molecule has 0 bridgehead atoms. The molecule has 0 saturated heterocycles. The summed E-state index contributed by atoms with van der Waals surface area (Å²) in [5.41, 5.74) is 3.69. The average Bonchev–Trinajstić information content (AvgIpc) is 3.16. The zero-order valence-electron chi connectivity index (χ0n) is 17.6. The van der Waals surface area contributed by atoms with Crippen LogP contribution in [0.25, 0.3) is 22.2 Å². The van der Waals surface area contributed by atoms with Gasteiger partial charge in [-0.05, 0) is 55.1 Å². The number of fused-ring (bicyclic) bond motifs is 1. The molecule has 1 aromatic carbocycles. The molecule has 0 saturated carbocycles. The van der Waals surface area contributed by atoms with Crippen LogP contribution in [0.3, 0.4) is 0 Å². The lowest BCUT2D eigenvalue weighted by Gasteiger charge is -2.36. The smallest absolute Gasteiger partial charge is 0.224 e. The van der Waals surface area contributed by atoms with Gasteiger partial charge in [-0.2, -0.15) is 9.83 Å². The van der Waals surface area contributed by atoms with E-state index in [1.54, 1.807) is 12.4 Å². The summed E-state index contributed by atoms with van der Waals surface area (Å²) < 4.78 is 7.21. The van der Waals surface area contributed by atoms with Gasteiger partial charge in [-0.25, -0.2) is 0 Å². The second kappa shape index (κ2) is 8.05. The number of hydrogen-bond acceptors (Lipinski definition) is 3. The van der Waals surface area contributed by atoms with Gasteiger partial charge in [0.1, 0.15) is 0 Å². The van der Waals surface area contributed by atoms with Crippen molar-refractivity contribution in [2.24, 2.45) is 0 Å². The Morgan fingerprint density at radius 3 is 2.61 bits per heavy atom. The molecule has 2 heterocycles. The molecule has 0 aliphatic heterocycles. The van der Waals surface area contributed by atoms with Gasteiger partial charge in [0.05, 0.1) is 11.1 Å². The van der Waals surface area contributed by atoms with Crippen molar-refractivity contribution in [3.63, 3.8) is 0 Å². The third kappa shape index (κ3) is 4.44. The van der Waals surface area contributed by atoms with E-state index in [1.807, 2.05) is 30.3 Å². The zero-order chi connectivity index (χ0) is 20.4. The van der Waals surface area contributed by atoms with Crippen LogP contribution in [0.4, 0.5) is 0 Å². The van der Waals surface area contributed by atoms with Crippen LogP contribution in [0, 0.1) is 5.21 Å². The van der Waals surface area contributed by atoms with E-state index in [0.29, 0.717) is 5.52 Å². The second-order valence-electron chi connectivity index (χ2n) is 8.92. The summed E-state index contributed by atoms with van der Waals surface area (Å²) in [4.78, 5) is 0. The van der Waals surface area contributed by atoms with Crippen molar-refractivity contribution in [3.05, 3.63) is 53.5 Å². The van der Waals surface area contributed by atoms with Gasteiger partial charge < -0.3 is 9.63 Å². The van der Waals surface area contributed by atoms with Gasteiger partial charge in [0.25, 0.3) is 0 Å². The third-order valence-corrected chi connectivity index (χ3v) is 10.4. The number of nitrogens with one attached hydrogen (secondary N) is 1. The molecule has 3 rings (SSSR count). The SMILES string of the molecule is CC(C)(C)[Si](C)(C)OCCCCc1cc[n+]([O-])c2cc(-c3cc[nH]n3)ccc12. The predicted octanol–water partition coefficient (Wildman–Crippen LogP) is 5.21. The molecular weight excluding hydrogens is 366 g/mol. The molecule has 0 aliphatic carbocycles. The number of nitrogens with zero attached hydrogens (tertiary/aromatic N) is 2. The minimum Gasteiger partial charge on any atom is -0.618 e. The van der Waals surface area contributed by atoms with Gasteiger partial charge in [-0.15, -0.1) is 0 Å². The summed E-state index contributed by atoms with van der Waals surface area (Å²) in [6, 6.07) is 9.83. The molecule has 28 heavy (non-hydrogen) atoms. The van der Waals surface area contributed by atoms with Crippen LogP contribution >= 0.6 is 0 Å². The van der Waals surface area contributed by atoms with E-state index in [-0.39, 0.29) is 5.04 Å². The van der Waals surface area contributed by atoms with Crippen LogP contribution in [-0.4, -0.2) is 25.1 Å². The van der Waals surface area contributed by atoms with E-state index in [4.69, 9.17) is 4.43 Å². The first-order valence-electron chi connectivity index (χ1n) is 9.98. The number of pyridine rings is 1. The van der Waals surface area contributed by atoms with E-state index < -0.39 is 8.32 Å². The number of benzene rings is 1. The molecule has 0 radical (unpaired) electrons. The molecule has 0 fully saturated rings. The van der Waals surface area contributed by atoms with Crippen molar-refractivity contribution >= 4 is 19.2 Å². The Morgan fingerprint density at radius 1 is 1.14 bits per heavy atom. The summed E-state index contributed by atoms with van der Waals surface area (Å²) in [6.07, 6.45) is 6.42. The van der Waals surface area contributed by atoms with Crippen LogP contribution in [0.15, 0.2) is 42.7 Å². The van der Waals surface area contributed by atoms with E-state index in [0.717, 1.165) is 47.2 Å². The summed E-state index contributed by atoms with van der Waals surface area (Å²) in [6.45, 7) is 12.2. The van der Waals surface area contributed by atoms with E-state index in [9.17, 15) is 5.21 Å². The first-order chi connectivity index (χ1) is 13.2.